The number of rotatable bonds is 5. The highest BCUT2D eigenvalue weighted by molar-refractivity contribution is 5.86. The summed E-state index contributed by atoms with van der Waals surface area (Å²) in [6.07, 6.45) is 3.75. The van der Waals surface area contributed by atoms with Crippen molar-refractivity contribution in [1.29, 1.82) is 0 Å². The van der Waals surface area contributed by atoms with Crippen LogP contribution in [0.25, 0.3) is 11.3 Å². The maximum absolute atomic E-state index is 11.3. The summed E-state index contributed by atoms with van der Waals surface area (Å²) in [4.78, 5) is 11.3. The molecule has 2 aromatic rings. The Hall–Kier alpha value is -1.91. The lowest BCUT2D eigenvalue weighted by Crippen LogP contribution is -2.02. The largest absolute Gasteiger partial charge is 0.298 e. The van der Waals surface area contributed by atoms with Crippen molar-refractivity contribution in [2.45, 2.75) is 40.7 Å². The molecule has 108 valence electrons. The van der Waals surface area contributed by atoms with Gasteiger partial charge in [0.05, 0.1) is 11.3 Å². The SMILES string of the molecule is Cc1nn(C)c(C)c1-c1nn(CCC(C)C)cc1C=O. The van der Waals surface area contributed by atoms with Crippen molar-refractivity contribution in [3.05, 3.63) is 23.1 Å². The quantitative estimate of drug-likeness (QED) is 0.788. The van der Waals surface area contributed by atoms with Crippen molar-refractivity contribution in [3.8, 4) is 11.3 Å². The molecule has 0 aromatic carbocycles. The highest BCUT2D eigenvalue weighted by Crippen LogP contribution is 2.27. The van der Waals surface area contributed by atoms with Gasteiger partial charge in [-0.05, 0) is 26.2 Å². The predicted molar refractivity (Wildman–Crippen MR) is 78.7 cm³/mol. The summed E-state index contributed by atoms with van der Waals surface area (Å²) >= 11 is 0. The zero-order valence-corrected chi connectivity index (χ0v) is 12.8. The lowest BCUT2D eigenvalue weighted by molar-refractivity contribution is 0.112. The number of carbonyl (C=O) groups excluding carboxylic acids is 1. The number of hydrogen-bond acceptors (Lipinski definition) is 3. The minimum atomic E-state index is 0.615. The Balaban J connectivity index is 2.43. The molecule has 0 aliphatic carbocycles. The molecule has 2 rings (SSSR count). The number of carbonyl (C=O) groups is 1. The first kappa shape index (κ1) is 14.5. The molecule has 0 unspecified atom stereocenters. The second kappa shape index (κ2) is 5.61. The predicted octanol–water partition coefficient (Wildman–Crippen LogP) is 2.76. The van der Waals surface area contributed by atoms with E-state index in [1.54, 1.807) is 0 Å². The second-order valence-electron chi connectivity index (χ2n) is 5.67. The fraction of sp³-hybridized carbons (Fsp3) is 0.533. The molecular weight excluding hydrogens is 252 g/mol. The molecule has 2 heterocycles. The molecule has 0 aliphatic rings. The Morgan fingerprint density at radius 3 is 2.50 bits per heavy atom. The number of aryl methyl sites for hydroxylation is 3. The lowest BCUT2D eigenvalue weighted by atomic mass is 10.1. The van der Waals surface area contributed by atoms with Gasteiger partial charge in [0.25, 0.3) is 0 Å². The van der Waals surface area contributed by atoms with Gasteiger partial charge in [-0.15, -0.1) is 0 Å². The molecule has 5 heteroatoms. The van der Waals surface area contributed by atoms with Crippen LogP contribution >= 0.6 is 0 Å². The van der Waals surface area contributed by atoms with Gasteiger partial charge in [0.1, 0.15) is 5.69 Å². The summed E-state index contributed by atoms with van der Waals surface area (Å²) in [6.45, 7) is 9.14. The third-order valence-corrected chi connectivity index (χ3v) is 3.60. The zero-order chi connectivity index (χ0) is 14.9. The zero-order valence-electron chi connectivity index (χ0n) is 12.8. The maximum Gasteiger partial charge on any atom is 0.153 e. The number of hydrogen-bond donors (Lipinski definition) is 0. The van der Waals surface area contributed by atoms with Gasteiger partial charge in [0.15, 0.2) is 6.29 Å². The van der Waals surface area contributed by atoms with Gasteiger partial charge < -0.3 is 0 Å². The highest BCUT2D eigenvalue weighted by atomic mass is 16.1. The van der Waals surface area contributed by atoms with Crippen LogP contribution in [0.3, 0.4) is 0 Å². The van der Waals surface area contributed by atoms with E-state index in [4.69, 9.17) is 0 Å². The molecule has 0 radical (unpaired) electrons. The van der Waals surface area contributed by atoms with Crippen molar-refractivity contribution in [2.24, 2.45) is 13.0 Å². The third kappa shape index (κ3) is 2.66. The van der Waals surface area contributed by atoms with Gasteiger partial charge in [-0.1, -0.05) is 13.8 Å². The fourth-order valence-electron chi connectivity index (χ4n) is 2.34. The minimum Gasteiger partial charge on any atom is -0.298 e. The van der Waals surface area contributed by atoms with Gasteiger partial charge >= 0.3 is 0 Å². The number of aromatic nitrogens is 4. The minimum absolute atomic E-state index is 0.615. The maximum atomic E-state index is 11.3. The Morgan fingerprint density at radius 2 is 2.00 bits per heavy atom. The molecule has 0 atom stereocenters. The van der Waals surface area contributed by atoms with E-state index in [2.05, 4.69) is 24.0 Å². The molecule has 0 saturated heterocycles. The first-order valence-electron chi connectivity index (χ1n) is 6.97. The summed E-state index contributed by atoms with van der Waals surface area (Å²) < 4.78 is 3.69. The molecular formula is C15H22N4O. The van der Waals surface area contributed by atoms with Crippen LogP contribution in [0.15, 0.2) is 6.20 Å². The molecule has 2 aromatic heterocycles. The van der Waals surface area contributed by atoms with E-state index in [0.717, 1.165) is 41.9 Å². The molecule has 20 heavy (non-hydrogen) atoms. The first-order valence-corrected chi connectivity index (χ1v) is 6.97. The van der Waals surface area contributed by atoms with Crippen LogP contribution in [0.2, 0.25) is 0 Å². The Labute approximate surface area is 119 Å². The van der Waals surface area contributed by atoms with E-state index in [0.29, 0.717) is 11.5 Å². The molecule has 0 bridgehead atoms. The Kier molecular flexibility index (Phi) is 4.06. The van der Waals surface area contributed by atoms with Gasteiger partial charge in [-0.3, -0.25) is 14.2 Å². The van der Waals surface area contributed by atoms with E-state index >= 15 is 0 Å². The summed E-state index contributed by atoms with van der Waals surface area (Å²) in [5.41, 5.74) is 4.28. The molecule has 0 N–H and O–H groups in total. The summed E-state index contributed by atoms with van der Waals surface area (Å²) in [5, 5.41) is 8.99. The van der Waals surface area contributed by atoms with Gasteiger partial charge in [0, 0.05) is 31.0 Å². The van der Waals surface area contributed by atoms with Crippen LogP contribution in [-0.4, -0.2) is 25.8 Å². The van der Waals surface area contributed by atoms with Gasteiger partial charge in [-0.25, -0.2) is 0 Å². The number of aldehydes is 1. The molecule has 0 saturated carbocycles. The standard InChI is InChI=1S/C15H22N4O/c1-10(2)6-7-19-8-13(9-20)15(17-19)14-11(3)16-18(5)12(14)4/h8-10H,6-7H2,1-5H3. The Bertz CT molecular complexity index is 622. The monoisotopic (exact) mass is 274 g/mol. The molecule has 0 amide bonds. The van der Waals surface area contributed by atoms with Gasteiger partial charge in [0.2, 0.25) is 0 Å². The number of nitrogens with zero attached hydrogens (tertiary/aromatic N) is 4. The molecule has 5 nitrogen and oxygen atoms in total. The van der Waals surface area contributed by atoms with E-state index < -0.39 is 0 Å². The first-order chi connectivity index (χ1) is 9.43. The van der Waals surface area contributed by atoms with Gasteiger partial charge in [-0.2, -0.15) is 10.2 Å². The second-order valence-corrected chi connectivity index (χ2v) is 5.67. The van der Waals surface area contributed by atoms with Crippen molar-refractivity contribution < 1.29 is 4.79 Å². The van der Waals surface area contributed by atoms with Crippen molar-refractivity contribution in [2.75, 3.05) is 0 Å². The third-order valence-electron chi connectivity index (χ3n) is 3.60. The van der Waals surface area contributed by atoms with Crippen molar-refractivity contribution >= 4 is 6.29 Å². The van der Waals surface area contributed by atoms with Crippen LogP contribution in [0.4, 0.5) is 0 Å². The van der Waals surface area contributed by atoms with Crippen molar-refractivity contribution in [1.82, 2.24) is 19.6 Å². The van der Waals surface area contributed by atoms with Crippen LogP contribution in [-0.2, 0) is 13.6 Å². The smallest absolute Gasteiger partial charge is 0.153 e. The topological polar surface area (TPSA) is 52.7 Å². The summed E-state index contributed by atoms with van der Waals surface area (Å²) in [7, 11) is 1.90. The highest BCUT2D eigenvalue weighted by Gasteiger charge is 2.18. The average Bonchev–Trinajstić information content (AvgIpc) is 2.89. The fourth-order valence-corrected chi connectivity index (χ4v) is 2.34. The molecule has 0 spiro atoms. The van der Waals surface area contributed by atoms with E-state index in [-0.39, 0.29) is 0 Å². The van der Waals surface area contributed by atoms with Crippen LogP contribution < -0.4 is 0 Å². The molecule has 0 fully saturated rings. The Morgan fingerprint density at radius 1 is 1.30 bits per heavy atom. The van der Waals surface area contributed by atoms with Crippen molar-refractivity contribution in [3.63, 3.8) is 0 Å². The van der Waals surface area contributed by atoms with Crippen LogP contribution in [0, 0.1) is 19.8 Å². The van der Waals surface area contributed by atoms with Crippen LogP contribution in [0.1, 0.15) is 42.0 Å². The van der Waals surface area contributed by atoms with E-state index in [9.17, 15) is 4.79 Å². The average molecular weight is 274 g/mol. The molecule has 0 aliphatic heterocycles. The van der Waals surface area contributed by atoms with Crippen LogP contribution in [0.5, 0.6) is 0 Å². The summed E-state index contributed by atoms with van der Waals surface area (Å²) in [5.74, 6) is 0.615. The van der Waals surface area contributed by atoms with E-state index in [1.165, 1.54) is 0 Å². The van der Waals surface area contributed by atoms with E-state index in [1.807, 2.05) is 36.5 Å². The summed E-state index contributed by atoms with van der Waals surface area (Å²) in [6, 6.07) is 0. The normalized spacial score (nSPS) is 11.3. The lowest BCUT2D eigenvalue weighted by Gasteiger charge is -2.04.